The molecule has 8 heteroatoms. The molecule has 0 atom stereocenters. The summed E-state index contributed by atoms with van der Waals surface area (Å²) in [6.45, 7) is 9.83. The molecule has 41 heavy (non-hydrogen) atoms. The number of benzene rings is 2. The van der Waals surface area contributed by atoms with Gasteiger partial charge in [-0.05, 0) is 43.5 Å². The summed E-state index contributed by atoms with van der Waals surface area (Å²) in [4.78, 5) is 15.4. The highest BCUT2D eigenvalue weighted by molar-refractivity contribution is 5.77. The van der Waals surface area contributed by atoms with Crippen molar-refractivity contribution in [2.24, 2.45) is 0 Å². The number of para-hydroxylation sites is 4. The van der Waals surface area contributed by atoms with Gasteiger partial charge >= 0.3 is 0 Å². The SMILES string of the molecule is CCCCCN(CCCCC)C(=O)COC1(CC)COc2ccccc2OCCOCCOc2ccccc2OC1. The van der Waals surface area contributed by atoms with Crippen molar-refractivity contribution in [1.82, 2.24) is 4.90 Å². The number of fused-ring (bicyclic) bond motifs is 2. The molecular formula is C33H49NO7. The van der Waals surface area contributed by atoms with Gasteiger partial charge in [-0.1, -0.05) is 70.7 Å². The molecule has 0 N–H and O–H groups in total. The minimum Gasteiger partial charge on any atom is -0.487 e. The molecule has 0 spiro atoms. The number of unbranched alkanes of at least 4 members (excludes halogenated alkanes) is 4. The lowest BCUT2D eigenvalue weighted by atomic mass is 10.0. The fourth-order valence-corrected chi connectivity index (χ4v) is 4.52. The Morgan fingerprint density at radius 3 is 1.61 bits per heavy atom. The highest BCUT2D eigenvalue weighted by Crippen LogP contribution is 2.31. The second kappa shape index (κ2) is 18.5. The molecule has 0 fully saturated rings. The molecule has 0 saturated carbocycles. The van der Waals surface area contributed by atoms with Gasteiger partial charge in [0.05, 0.1) is 13.2 Å². The van der Waals surface area contributed by atoms with E-state index in [2.05, 4.69) is 13.8 Å². The number of hydrogen-bond donors (Lipinski definition) is 0. The maximum atomic E-state index is 13.4. The largest absolute Gasteiger partial charge is 0.487 e. The lowest BCUT2D eigenvalue weighted by Crippen LogP contribution is -2.47. The zero-order valence-corrected chi connectivity index (χ0v) is 25.2. The van der Waals surface area contributed by atoms with Crippen LogP contribution in [-0.2, 0) is 14.3 Å². The number of rotatable bonds is 12. The van der Waals surface area contributed by atoms with Gasteiger partial charge in [0.2, 0.25) is 5.91 Å². The zero-order valence-electron chi connectivity index (χ0n) is 25.2. The predicted molar refractivity (Wildman–Crippen MR) is 160 cm³/mol. The van der Waals surface area contributed by atoms with Gasteiger partial charge in [0.1, 0.15) is 38.6 Å². The molecule has 1 amide bonds. The first-order valence-corrected chi connectivity index (χ1v) is 15.3. The fourth-order valence-electron chi connectivity index (χ4n) is 4.52. The molecule has 1 aliphatic heterocycles. The minimum atomic E-state index is -0.880. The Morgan fingerprint density at radius 1 is 0.707 bits per heavy atom. The van der Waals surface area contributed by atoms with E-state index in [4.69, 9.17) is 28.4 Å². The van der Waals surface area contributed by atoms with E-state index in [1.807, 2.05) is 60.4 Å². The smallest absolute Gasteiger partial charge is 0.248 e. The summed E-state index contributed by atoms with van der Waals surface area (Å²) in [5.41, 5.74) is -0.880. The molecule has 0 aromatic heterocycles. The van der Waals surface area contributed by atoms with Crippen LogP contribution in [0.15, 0.2) is 48.5 Å². The molecule has 3 rings (SSSR count). The van der Waals surface area contributed by atoms with Gasteiger partial charge in [-0.3, -0.25) is 4.79 Å². The molecular weight excluding hydrogens is 522 g/mol. The van der Waals surface area contributed by atoms with Crippen LogP contribution in [-0.4, -0.2) is 75.7 Å². The molecule has 0 saturated heterocycles. The number of nitrogens with zero attached hydrogens (tertiary/aromatic N) is 1. The van der Waals surface area contributed by atoms with Crippen molar-refractivity contribution in [2.75, 3.05) is 59.3 Å². The number of ether oxygens (including phenoxy) is 6. The fraction of sp³-hybridized carbons (Fsp3) is 0.606. The Bertz CT molecular complexity index is 949. The van der Waals surface area contributed by atoms with Crippen molar-refractivity contribution >= 4 is 5.91 Å². The summed E-state index contributed by atoms with van der Waals surface area (Å²) in [7, 11) is 0. The summed E-state index contributed by atoms with van der Waals surface area (Å²) >= 11 is 0. The molecule has 2 aromatic rings. The van der Waals surface area contributed by atoms with Gasteiger partial charge in [-0.2, -0.15) is 0 Å². The number of carbonyl (C=O) groups is 1. The van der Waals surface area contributed by atoms with Gasteiger partial charge in [0.25, 0.3) is 0 Å². The lowest BCUT2D eigenvalue weighted by molar-refractivity contribution is -0.150. The van der Waals surface area contributed by atoms with Crippen molar-refractivity contribution in [3.8, 4) is 23.0 Å². The van der Waals surface area contributed by atoms with Crippen LogP contribution in [0.3, 0.4) is 0 Å². The third kappa shape index (κ3) is 11.1. The maximum Gasteiger partial charge on any atom is 0.248 e. The molecule has 1 heterocycles. The predicted octanol–water partition coefficient (Wildman–Crippen LogP) is 6.31. The van der Waals surface area contributed by atoms with Gasteiger partial charge in [-0.25, -0.2) is 0 Å². The minimum absolute atomic E-state index is 0.00430. The summed E-state index contributed by atoms with van der Waals surface area (Å²) < 4.78 is 36.6. The summed E-state index contributed by atoms with van der Waals surface area (Å²) in [6, 6.07) is 15.1. The molecule has 2 aromatic carbocycles. The normalized spacial score (nSPS) is 15.7. The molecule has 1 aliphatic rings. The van der Waals surface area contributed by atoms with Crippen LogP contribution in [0.5, 0.6) is 23.0 Å². The van der Waals surface area contributed by atoms with E-state index in [1.165, 1.54) is 0 Å². The number of hydrogen-bond acceptors (Lipinski definition) is 7. The second-order valence-electron chi connectivity index (χ2n) is 10.4. The first kappa shape index (κ1) is 32.5. The average molecular weight is 572 g/mol. The van der Waals surface area contributed by atoms with E-state index in [0.29, 0.717) is 55.8 Å². The van der Waals surface area contributed by atoms with Crippen LogP contribution in [0, 0.1) is 0 Å². The van der Waals surface area contributed by atoms with Gasteiger partial charge < -0.3 is 33.3 Å². The second-order valence-corrected chi connectivity index (χ2v) is 10.4. The molecule has 0 bridgehead atoms. The maximum absolute atomic E-state index is 13.4. The van der Waals surface area contributed by atoms with E-state index in [9.17, 15) is 4.79 Å². The van der Waals surface area contributed by atoms with Crippen LogP contribution in [0.2, 0.25) is 0 Å². The average Bonchev–Trinajstić information content (AvgIpc) is 3.00. The monoisotopic (exact) mass is 571 g/mol. The Balaban J connectivity index is 1.80. The molecule has 228 valence electrons. The number of carbonyl (C=O) groups excluding carboxylic acids is 1. The van der Waals surface area contributed by atoms with Crippen LogP contribution in [0.1, 0.15) is 65.7 Å². The standard InChI is InChI=1S/C33H49NO7/c1-4-7-13-19-34(20-14-8-5-2)32(35)25-41-33(6-3)26-39-30-17-11-9-15-28(30)37-23-21-36-22-24-38-29-16-10-12-18-31(29)40-27-33/h9-12,15-18H,4-8,13-14,19-27H2,1-3H3. The van der Waals surface area contributed by atoms with Crippen molar-refractivity contribution in [2.45, 2.75) is 71.3 Å². The molecule has 8 nitrogen and oxygen atoms in total. The van der Waals surface area contributed by atoms with Crippen molar-refractivity contribution < 1.29 is 33.2 Å². The summed E-state index contributed by atoms with van der Waals surface area (Å²) in [5.74, 6) is 2.48. The third-order valence-electron chi connectivity index (χ3n) is 7.21. The number of amides is 1. The van der Waals surface area contributed by atoms with E-state index in [1.54, 1.807) is 0 Å². The Morgan fingerprint density at radius 2 is 1.17 bits per heavy atom. The quantitative estimate of drug-likeness (QED) is 0.277. The van der Waals surface area contributed by atoms with Crippen LogP contribution in [0.25, 0.3) is 0 Å². The van der Waals surface area contributed by atoms with E-state index < -0.39 is 5.60 Å². The molecule has 0 unspecified atom stereocenters. The van der Waals surface area contributed by atoms with Gasteiger partial charge in [0, 0.05) is 13.1 Å². The summed E-state index contributed by atoms with van der Waals surface area (Å²) in [5, 5.41) is 0. The highest BCUT2D eigenvalue weighted by Gasteiger charge is 2.34. The van der Waals surface area contributed by atoms with Gasteiger partial charge in [0.15, 0.2) is 23.0 Å². The first-order valence-electron chi connectivity index (χ1n) is 15.3. The van der Waals surface area contributed by atoms with Gasteiger partial charge in [-0.15, -0.1) is 0 Å². The summed E-state index contributed by atoms with van der Waals surface area (Å²) in [6.07, 6.45) is 7.01. The van der Waals surface area contributed by atoms with Crippen LogP contribution in [0.4, 0.5) is 0 Å². The molecule has 0 aliphatic carbocycles. The van der Waals surface area contributed by atoms with E-state index in [0.717, 1.165) is 51.6 Å². The van der Waals surface area contributed by atoms with Crippen molar-refractivity contribution in [3.05, 3.63) is 48.5 Å². The highest BCUT2D eigenvalue weighted by atomic mass is 16.6. The first-order chi connectivity index (χ1) is 20.1. The van der Waals surface area contributed by atoms with Crippen LogP contribution >= 0.6 is 0 Å². The van der Waals surface area contributed by atoms with Crippen LogP contribution < -0.4 is 18.9 Å². The topological polar surface area (TPSA) is 75.7 Å². The Hall–Kier alpha value is -2.97. The van der Waals surface area contributed by atoms with E-state index in [-0.39, 0.29) is 25.7 Å². The van der Waals surface area contributed by atoms with Crippen molar-refractivity contribution in [3.63, 3.8) is 0 Å². The van der Waals surface area contributed by atoms with Crippen molar-refractivity contribution in [1.29, 1.82) is 0 Å². The van der Waals surface area contributed by atoms with E-state index >= 15 is 0 Å². The Labute approximate surface area is 246 Å². The third-order valence-corrected chi connectivity index (χ3v) is 7.21. The Kier molecular flexibility index (Phi) is 14.7. The lowest BCUT2D eigenvalue weighted by Gasteiger charge is -2.34. The zero-order chi connectivity index (χ0) is 29.2. The molecule has 0 radical (unpaired) electrons.